The maximum absolute atomic E-state index is 13.9. The maximum atomic E-state index is 13.9. The molecule has 0 spiro atoms. The van der Waals surface area contributed by atoms with Gasteiger partial charge in [-0.05, 0) is 72.7 Å². The van der Waals surface area contributed by atoms with E-state index in [-0.39, 0.29) is 18.4 Å². The molecule has 1 aliphatic heterocycles. The summed E-state index contributed by atoms with van der Waals surface area (Å²) in [7, 11) is 0. The highest BCUT2D eigenvalue weighted by molar-refractivity contribution is 6.32. The summed E-state index contributed by atoms with van der Waals surface area (Å²) >= 11 is 6.51. The molecule has 4 rings (SSSR count). The lowest BCUT2D eigenvalue weighted by Gasteiger charge is -2.47. The minimum atomic E-state index is -2.76. The minimum absolute atomic E-state index is 0.0780. The van der Waals surface area contributed by atoms with Gasteiger partial charge in [0.1, 0.15) is 5.75 Å². The number of carboxylic acid groups (broad SMARTS) is 1. The molecule has 0 radical (unpaired) electrons. The van der Waals surface area contributed by atoms with E-state index in [0.717, 1.165) is 6.42 Å². The van der Waals surface area contributed by atoms with E-state index >= 15 is 0 Å². The van der Waals surface area contributed by atoms with Crippen molar-refractivity contribution >= 4 is 29.3 Å². The van der Waals surface area contributed by atoms with E-state index < -0.39 is 29.4 Å². The third-order valence-electron chi connectivity index (χ3n) is 6.81. The number of nitrogens with zero attached hydrogens (tertiary/aromatic N) is 1. The average Bonchev–Trinajstić information content (AvgIpc) is 2.78. The molecule has 1 atom stereocenters. The van der Waals surface area contributed by atoms with Crippen molar-refractivity contribution in [2.45, 2.75) is 51.5 Å². The molecule has 36 heavy (non-hydrogen) atoms. The van der Waals surface area contributed by atoms with Crippen molar-refractivity contribution in [2.75, 3.05) is 11.5 Å². The number of carbonyl (C=O) groups excluding carboxylic acids is 1. The number of nitrogens with one attached hydrogen (secondary N) is 1. The van der Waals surface area contributed by atoms with Crippen LogP contribution in [0.2, 0.25) is 5.02 Å². The van der Waals surface area contributed by atoms with Gasteiger partial charge >= 0.3 is 12.0 Å². The second kappa shape index (κ2) is 9.73. The third kappa shape index (κ3) is 5.19. The number of carboxylic acids is 1. The SMILES string of the molecule is CC(C)CCOc1ccc([C@]2(C)NC(=O)N(c3ccc(C(=O)O)cc3)C=C2C2CC(F)(F)C2)cc1Cl. The van der Waals surface area contributed by atoms with Crippen molar-refractivity contribution in [3.63, 3.8) is 0 Å². The van der Waals surface area contributed by atoms with Gasteiger partial charge in [0.2, 0.25) is 5.92 Å². The molecule has 0 aromatic heterocycles. The van der Waals surface area contributed by atoms with E-state index in [9.17, 15) is 18.4 Å². The zero-order chi connectivity index (χ0) is 26.3. The number of hydrogen-bond donors (Lipinski definition) is 2. The van der Waals surface area contributed by atoms with Crippen LogP contribution in [-0.4, -0.2) is 29.6 Å². The highest BCUT2D eigenvalue weighted by atomic mass is 35.5. The molecule has 1 aliphatic carbocycles. The van der Waals surface area contributed by atoms with Gasteiger partial charge in [0, 0.05) is 19.0 Å². The van der Waals surface area contributed by atoms with Crippen LogP contribution in [0.1, 0.15) is 56.0 Å². The van der Waals surface area contributed by atoms with Gasteiger partial charge < -0.3 is 15.2 Å². The molecule has 1 saturated carbocycles. The molecule has 0 unspecified atom stereocenters. The normalized spacial score (nSPS) is 21.6. The fraction of sp³-hybridized carbons (Fsp3) is 0.407. The first-order valence-corrected chi connectivity index (χ1v) is 12.2. The van der Waals surface area contributed by atoms with Crippen LogP contribution >= 0.6 is 11.6 Å². The van der Waals surface area contributed by atoms with Gasteiger partial charge in [-0.15, -0.1) is 0 Å². The summed E-state index contributed by atoms with van der Waals surface area (Å²) in [6.45, 7) is 6.50. The van der Waals surface area contributed by atoms with Crippen molar-refractivity contribution in [3.8, 4) is 5.75 Å². The van der Waals surface area contributed by atoms with Gasteiger partial charge in [-0.3, -0.25) is 4.90 Å². The van der Waals surface area contributed by atoms with E-state index in [1.54, 1.807) is 31.3 Å². The van der Waals surface area contributed by atoms with Crippen LogP contribution in [0.15, 0.2) is 54.2 Å². The van der Waals surface area contributed by atoms with Gasteiger partial charge in [-0.2, -0.15) is 0 Å². The monoisotopic (exact) mass is 518 g/mol. The second-order valence-corrected chi connectivity index (χ2v) is 10.4. The Balaban J connectivity index is 1.69. The maximum Gasteiger partial charge on any atom is 0.335 e. The number of benzene rings is 2. The Morgan fingerprint density at radius 3 is 2.44 bits per heavy atom. The molecule has 1 heterocycles. The summed E-state index contributed by atoms with van der Waals surface area (Å²) in [5, 5.41) is 12.5. The van der Waals surface area contributed by atoms with Crippen LogP contribution in [0.4, 0.5) is 19.3 Å². The number of carbonyl (C=O) groups is 2. The minimum Gasteiger partial charge on any atom is -0.492 e. The molecule has 2 amide bonds. The first-order chi connectivity index (χ1) is 16.9. The molecule has 6 nitrogen and oxygen atoms in total. The van der Waals surface area contributed by atoms with Crippen LogP contribution in [0, 0.1) is 11.8 Å². The standard InChI is InChI=1S/C27H29ClF2N2O4/c1-16(2)10-11-36-23-9-6-19(12-22(23)28)26(3)21(18-13-27(29,30)14-18)15-32(25(35)31-26)20-7-4-17(5-8-20)24(33)34/h4-9,12,15-16,18H,10-11,13-14H2,1-3H3,(H,31,35)(H,33,34)/t26-/m0/s1. The Bertz CT molecular complexity index is 1190. The van der Waals surface area contributed by atoms with Crippen LogP contribution in [0.25, 0.3) is 0 Å². The van der Waals surface area contributed by atoms with Crippen LogP contribution in [0.5, 0.6) is 5.75 Å². The lowest BCUT2D eigenvalue weighted by Crippen LogP contribution is -2.57. The van der Waals surface area contributed by atoms with Crippen LogP contribution < -0.4 is 15.0 Å². The number of aromatic carboxylic acids is 1. The summed E-state index contributed by atoms with van der Waals surface area (Å²) in [5.41, 5.74) is 0.707. The topological polar surface area (TPSA) is 78.9 Å². The number of hydrogen-bond acceptors (Lipinski definition) is 3. The summed E-state index contributed by atoms with van der Waals surface area (Å²) in [4.78, 5) is 25.7. The van der Waals surface area contributed by atoms with E-state index in [0.29, 0.717) is 40.1 Å². The first-order valence-electron chi connectivity index (χ1n) is 11.9. The molecule has 2 aliphatic rings. The molecular weight excluding hydrogens is 490 g/mol. The zero-order valence-corrected chi connectivity index (χ0v) is 21.1. The smallest absolute Gasteiger partial charge is 0.335 e. The van der Waals surface area contributed by atoms with Gasteiger partial charge in [0.25, 0.3) is 0 Å². The molecule has 9 heteroatoms. The largest absolute Gasteiger partial charge is 0.492 e. The van der Waals surface area contributed by atoms with Gasteiger partial charge in [0.15, 0.2) is 0 Å². The van der Waals surface area contributed by atoms with Gasteiger partial charge in [-0.1, -0.05) is 31.5 Å². The fourth-order valence-corrected chi connectivity index (χ4v) is 4.83. The lowest BCUT2D eigenvalue weighted by molar-refractivity contribution is -0.102. The summed E-state index contributed by atoms with van der Waals surface area (Å²) < 4.78 is 33.6. The van der Waals surface area contributed by atoms with Crippen molar-refractivity contribution < 1.29 is 28.2 Å². The molecule has 2 N–H and O–H groups in total. The first kappa shape index (κ1) is 25.9. The molecule has 2 aromatic rings. The number of alkyl halides is 2. The second-order valence-electron chi connectivity index (χ2n) is 10.00. The molecule has 0 saturated heterocycles. The van der Waals surface area contributed by atoms with E-state index in [2.05, 4.69) is 19.2 Å². The van der Waals surface area contributed by atoms with Crippen LogP contribution in [-0.2, 0) is 5.54 Å². The number of rotatable bonds is 8. The van der Waals surface area contributed by atoms with Crippen molar-refractivity contribution in [3.05, 3.63) is 70.4 Å². The lowest BCUT2D eigenvalue weighted by atomic mass is 9.68. The third-order valence-corrected chi connectivity index (χ3v) is 7.10. The van der Waals surface area contributed by atoms with Crippen molar-refractivity contribution in [2.24, 2.45) is 11.8 Å². The number of halogens is 3. The molecule has 1 fully saturated rings. The Morgan fingerprint density at radius 1 is 1.22 bits per heavy atom. The summed E-state index contributed by atoms with van der Waals surface area (Å²) in [6, 6.07) is 10.6. The Morgan fingerprint density at radius 2 is 1.89 bits per heavy atom. The highest BCUT2D eigenvalue weighted by Crippen LogP contribution is 2.52. The van der Waals surface area contributed by atoms with E-state index in [4.69, 9.17) is 21.4 Å². The zero-order valence-electron chi connectivity index (χ0n) is 20.4. The molecule has 2 aromatic carbocycles. The number of urea groups is 1. The van der Waals surface area contributed by atoms with E-state index in [1.165, 1.54) is 29.2 Å². The van der Waals surface area contributed by atoms with Gasteiger partial charge in [-0.25, -0.2) is 18.4 Å². The van der Waals surface area contributed by atoms with Crippen molar-refractivity contribution in [1.29, 1.82) is 0 Å². The number of ether oxygens (including phenoxy) is 1. The highest BCUT2D eigenvalue weighted by Gasteiger charge is 2.52. The molecule has 192 valence electrons. The fourth-order valence-electron chi connectivity index (χ4n) is 4.60. The number of amides is 2. The Kier molecular flexibility index (Phi) is 7.01. The predicted molar refractivity (Wildman–Crippen MR) is 134 cm³/mol. The van der Waals surface area contributed by atoms with Crippen molar-refractivity contribution in [1.82, 2.24) is 5.32 Å². The van der Waals surface area contributed by atoms with E-state index in [1.807, 2.05) is 0 Å². The Hall–Kier alpha value is -3.13. The van der Waals surface area contributed by atoms with Crippen LogP contribution in [0.3, 0.4) is 0 Å². The average molecular weight is 519 g/mol. The predicted octanol–water partition coefficient (Wildman–Crippen LogP) is 6.84. The molecule has 0 bridgehead atoms. The Labute approximate surface area is 213 Å². The summed E-state index contributed by atoms with van der Waals surface area (Å²) in [6.07, 6.45) is 1.83. The van der Waals surface area contributed by atoms with Gasteiger partial charge in [0.05, 0.1) is 28.4 Å². The molecular formula is C27H29ClF2N2O4. The quantitative estimate of drug-likeness (QED) is 0.401. The summed E-state index contributed by atoms with van der Waals surface area (Å²) in [5.74, 6) is -3.29. The number of anilines is 1.